The van der Waals surface area contributed by atoms with Crippen LogP contribution in [0.25, 0.3) is 5.65 Å². The summed E-state index contributed by atoms with van der Waals surface area (Å²) < 4.78 is 1.70. The van der Waals surface area contributed by atoms with Gasteiger partial charge in [-0.05, 0) is 17.5 Å². The summed E-state index contributed by atoms with van der Waals surface area (Å²) >= 11 is 6.22. The van der Waals surface area contributed by atoms with Crippen molar-refractivity contribution in [3.05, 3.63) is 34.7 Å². The van der Waals surface area contributed by atoms with Crippen molar-refractivity contribution in [1.82, 2.24) is 9.38 Å². The normalized spacial score (nSPS) is 11.2. The van der Waals surface area contributed by atoms with E-state index in [1.54, 1.807) is 10.6 Å². The van der Waals surface area contributed by atoms with Crippen LogP contribution < -0.4 is 5.73 Å². The highest BCUT2D eigenvalue weighted by Crippen LogP contribution is 2.27. The molecule has 2 aromatic heterocycles. The van der Waals surface area contributed by atoms with Crippen molar-refractivity contribution >= 4 is 23.2 Å². The molecular formula is C11H12ClN3O. The number of carbonyl (C=O) groups excluding carboxylic acids is 1. The number of carbonyl (C=O) groups is 1. The van der Waals surface area contributed by atoms with E-state index in [9.17, 15) is 4.79 Å². The summed E-state index contributed by atoms with van der Waals surface area (Å²) in [7, 11) is 0. The predicted octanol–water partition coefficient (Wildman–Crippen LogP) is 2.21. The van der Waals surface area contributed by atoms with Crippen molar-refractivity contribution in [2.75, 3.05) is 0 Å². The Morgan fingerprint density at radius 2 is 2.25 bits per heavy atom. The van der Waals surface area contributed by atoms with Crippen molar-refractivity contribution < 1.29 is 4.79 Å². The number of imidazole rings is 1. The van der Waals surface area contributed by atoms with E-state index < -0.39 is 5.91 Å². The number of fused-ring (bicyclic) bond motifs is 1. The number of halogens is 1. The van der Waals surface area contributed by atoms with E-state index in [4.69, 9.17) is 17.3 Å². The number of pyridine rings is 1. The Bertz CT molecular complexity index is 560. The first kappa shape index (κ1) is 11.0. The Morgan fingerprint density at radius 1 is 1.56 bits per heavy atom. The maximum Gasteiger partial charge on any atom is 0.268 e. The SMILES string of the molecule is CC(C)c1ccn2cc(C(N)=O)nc2c1Cl. The Hall–Kier alpha value is -1.55. The fourth-order valence-corrected chi connectivity index (χ4v) is 2.02. The molecule has 0 bridgehead atoms. The highest BCUT2D eigenvalue weighted by atomic mass is 35.5. The van der Waals surface area contributed by atoms with Gasteiger partial charge in [0.2, 0.25) is 0 Å². The van der Waals surface area contributed by atoms with Gasteiger partial charge in [0, 0.05) is 12.4 Å². The lowest BCUT2D eigenvalue weighted by Gasteiger charge is -2.08. The number of nitrogens with two attached hydrogens (primary N) is 1. The lowest BCUT2D eigenvalue weighted by molar-refractivity contribution is 0.0996. The van der Waals surface area contributed by atoms with E-state index in [1.807, 2.05) is 12.3 Å². The van der Waals surface area contributed by atoms with Gasteiger partial charge < -0.3 is 10.1 Å². The van der Waals surface area contributed by atoms with E-state index in [0.29, 0.717) is 16.6 Å². The molecule has 4 nitrogen and oxygen atoms in total. The van der Waals surface area contributed by atoms with E-state index in [-0.39, 0.29) is 5.69 Å². The van der Waals surface area contributed by atoms with Crippen molar-refractivity contribution in [1.29, 1.82) is 0 Å². The van der Waals surface area contributed by atoms with Crippen molar-refractivity contribution in [2.45, 2.75) is 19.8 Å². The van der Waals surface area contributed by atoms with Crippen LogP contribution in [0.1, 0.15) is 35.8 Å². The Balaban J connectivity index is 2.69. The average molecular weight is 238 g/mol. The van der Waals surface area contributed by atoms with Crippen LogP contribution in [0.3, 0.4) is 0 Å². The quantitative estimate of drug-likeness (QED) is 0.871. The van der Waals surface area contributed by atoms with Crippen LogP contribution in [-0.4, -0.2) is 15.3 Å². The van der Waals surface area contributed by atoms with Gasteiger partial charge >= 0.3 is 0 Å². The Labute approximate surface area is 98.0 Å². The summed E-state index contributed by atoms with van der Waals surface area (Å²) in [6.07, 6.45) is 3.41. The monoisotopic (exact) mass is 237 g/mol. The molecule has 0 saturated heterocycles. The minimum absolute atomic E-state index is 0.225. The number of primary amides is 1. The summed E-state index contributed by atoms with van der Waals surface area (Å²) in [4.78, 5) is 15.1. The first-order valence-corrected chi connectivity index (χ1v) is 5.35. The maximum atomic E-state index is 11.0. The zero-order valence-electron chi connectivity index (χ0n) is 9.07. The Morgan fingerprint density at radius 3 is 2.81 bits per heavy atom. The molecule has 16 heavy (non-hydrogen) atoms. The van der Waals surface area contributed by atoms with Crippen LogP contribution in [0.4, 0.5) is 0 Å². The second-order valence-corrected chi connectivity index (χ2v) is 4.34. The minimum atomic E-state index is -0.550. The van der Waals surface area contributed by atoms with Gasteiger partial charge in [-0.1, -0.05) is 25.4 Å². The minimum Gasteiger partial charge on any atom is -0.364 e. The van der Waals surface area contributed by atoms with E-state index >= 15 is 0 Å². The standard InChI is InChI=1S/C11H12ClN3O/c1-6(2)7-3-4-15-5-8(10(13)16)14-11(15)9(7)12/h3-6H,1-2H3,(H2,13,16). The molecule has 0 aliphatic rings. The second kappa shape index (κ2) is 3.79. The zero-order chi connectivity index (χ0) is 11.9. The number of rotatable bonds is 2. The third-order valence-corrected chi connectivity index (χ3v) is 2.86. The number of hydrogen-bond donors (Lipinski definition) is 1. The van der Waals surface area contributed by atoms with Gasteiger partial charge in [0.1, 0.15) is 5.69 Å². The number of nitrogens with zero attached hydrogens (tertiary/aromatic N) is 2. The van der Waals surface area contributed by atoms with Crippen LogP contribution in [0.2, 0.25) is 5.02 Å². The van der Waals surface area contributed by atoms with Crippen LogP contribution >= 0.6 is 11.6 Å². The molecule has 1 amide bonds. The van der Waals surface area contributed by atoms with Crippen LogP contribution in [0, 0.1) is 0 Å². The molecule has 5 heteroatoms. The van der Waals surface area contributed by atoms with Gasteiger partial charge in [0.05, 0.1) is 5.02 Å². The lowest BCUT2D eigenvalue weighted by Crippen LogP contribution is -2.10. The van der Waals surface area contributed by atoms with Gasteiger partial charge in [-0.2, -0.15) is 0 Å². The predicted molar refractivity (Wildman–Crippen MR) is 62.8 cm³/mol. The Kier molecular flexibility index (Phi) is 2.59. The summed E-state index contributed by atoms with van der Waals surface area (Å²) in [6, 6.07) is 1.92. The molecule has 0 aromatic carbocycles. The highest BCUT2D eigenvalue weighted by molar-refractivity contribution is 6.34. The van der Waals surface area contributed by atoms with Gasteiger partial charge in [0.15, 0.2) is 5.65 Å². The van der Waals surface area contributed by atoms with Gasteiger partial charge in [-0.3, -0.25) is 4.79 Å². The molecule has 0 saturated carbocycles. The second-order valence-electron chi connectivity index (χ2n) is 3.96. The average Bonchev–Trinajstić information content (AvgIpc) is 2.62. The fraction of sp³-hybridized carbons (Fsp3) is 0.273. The molecule has 84 valence electrons. The molecule has 0 atom stereocenters. The summed E-state index contributed by atoms with van der Waals surface area (Å²) in [5, 5.41) is 0.574. The first-order chi connectivity index (χ1) is 7.50. The van der Waals surface area contributed by atoms with Gasteiger partial charge in [-0.25, -0.2) is 4.98 Å². The lowest BCUT2D eigenvalue weighted by atomic mass is 10.1. The topological polar surface area (TPSA) is 60.4 Å². The van der Waals surface area contributed by atoms with E-state index in [0.717, 1.165) is 5.56 Å². The van der Waals surface area contributed by atoms with Gasteiger partial charge in [0.25, 0.3) is 5.91 Å². The van der Waals surface area contributed by atoms with Crippen LogP contribution in [0.15, 0.2) is 18.5 Å². The summed E-state index contributed by atoms with van der Waals surface area (Å²) in [5.41, 5.74) is 6.97. The molecule has 2 rings (SSSR count). The molecule has 2 aromatic rings. The zero-order valence-corrected chi connectivity index (χ0v) is 9.82. The smallest absolute Gasteiger partial charge is 0.268 e. The highest BCUT2D eigenvalue weighted by Gasteiger charge is 2.13. The summed E-state index contributed by atoms with van der Waals surface area (Å²) in [5.74, 6) is -0.239. The number of aromatic nitrogens is 2. The molecule has 0 fully saturated rings. The van der Waals surface area contributed by atoms with Crippen molar-refractivity contribution in [3.63, 3.8) is 0 Å². The molecule has 0 spiro atoms. The third-order valence-electron chi connectivity index (χ3n) is 2.47. The molecule has 2 N–H and O–H groups in total. The van der Waals surface area contributed by atoms with Gasteiger partial charge in [-0.15, -0.1) is 0 Å². The fourth-order valence-electron chi connectivity index (χ4n) is 1.60. The van der Waals surface area contributed by atoms with E-state index in [1.165, 1.54) is 0 Å². The van der Waals surface area contributed by atoms with Crippen molar-refractivity contribution in [3.8, 4) is 0 Å². The number of amides is 1. The third kappa shape index (κ3) is 1.65. The number of hydrogen-bond acceptors (Lipinski definition) is 2. The maximum absolute atomic E-state index is 11.0. The van der Waals surface area contributed by atoms with Crippen molar-refractivity contribution in [2.24, 2.45) is 5.73 Å². The molecule has 0 aliphatic heterocycles. The molecule has 0 aliphatic carbocycles. The molecular weight excluding hydrogens is 226 g/mol. The van der Waals surface area contributed by atoms with Crippen LogP contribution in [-0.2, 0) is 0 Å². The first-order valence-electron chi connectivity index (χ1n) is 4.97. The molecule has 2 heterocycles. The largest absolute Gasteiger partial charge is 0.364 e. The molecule has 0 radical (unpaired) electrons. The summed E-state index contributed by atoms with van der Waals surface area (Å²) in [6.45, 7) is 4.10. The molecule has 0 unspecified atom stereocenters. The van der Waals surface area contributed by atoms with E-state index in [2.05, 4.69) is 18.8 Å². The van der Waals surface area contributed by atoms with Crippen LogP contribution in [0.5, 0.6) is 0 Å².